The summed E-state index contributed by atoms with van der Waals surface area (Å²) < 4.78 is 2.12. The van der Waals surface area contributed by atoms with Crippen molar-refractivity contribution in [1.29, 1.82) is 0 Å². The SMILES string of the molecule is CCCn1ncc(CN2CCC[C@](CO)(CCCc3ccccc3)C2)c1C. The zero-order chi connectivity index (χ0) is 19.1. The van der Waals surface area contributed by atoms with Crippen molar-refractivity contribution in [3.63, 3.8) is 0 Å². The first-order valence-electron chi connectivity index (χ1n) is 10.5. The second-order valence-corrected chi connectivity index (χ2v) is 8.29. The fourth-order valence-electron chi connectivity index (χ4n) is 4.49. The van der Waals surface area contributed by atoms with Crippen LogP contribution < -0.4 is 0 Å². The van der Waals surface area contributed by atoms with Crippen LogP contribution in [0, 0.1) is 12.3 Å². The second-order valence-electron chi connectivity index (χ2n) is 8.29. The number of hydrogen-bond donors (Lipinski definition) is 1. The maximum absolute atomic E-state index is 10.2. The molecule has 1 aliphatic heterocycles. The molecule has 0 bridgehead atoms. The van der Waals surface area contributed by atoms with Crippen LogP contribution in [0.1, 0.15) is 55.8 Å². The van der Waals surface area contributed by atoms with Gasteiger partial charge in [-0.2, -0.15) is 5.10 Å². The van der Waals surface area contributed by atoms with Gasteiger partial charge in [0.25, 0.3) is 0 Å². The number of piperidine rings is 1. The molecule has 0 saturated carbocycles. The molecule has 27 heavy (non-hydrogen) atoms. The molecule has 1 aromatic heterocycles. The number of benzene rings is 1. The van der Waals surface area contributed by atoms with Crippen molar-refractivity contribution in [3.8, 4) is 0 Å². The van der Waals surface area contributed by atoms with Crippen LogP contribution in [0.4, 0.5) is 0 Å². The molecule has 148 valence electrons. The van der Waals surface area contributed by atoms with E-state index < -0.39 is 0 Å². The van der Waals surface area contributed by atoms with E-state index in [0.29, 0.717) is 6.61 Å². The molecule has 0 spiro atoms. The average molecular weight is 370 g/mol. The highest BCUT2D eigenvalue weighted by Gasteiger charge is 2.34. The van der Waals surface area contributed by atoms with Crippen LogP contribution >= 0.6 is 0 Å². The minimum Gasteiger partial charge on any atom is -0.396 e. The minimum absolute atomic E-state index is 0.0559. The molecule has 0 radical (unpaired) electrons. The van der Waals surface area contributed by atoms with Gasteiger partial charge in [0.05, 0.1) is 6.20 Å². The minimum atomic E-state index is 0.0559. The van der Waals surface area contributed by atoms with Crippen molar-refractivity contribution >= 4 is 0 Å². The first kappa shape index (κ1) is 20.1. The van der Waals surface area contributed by atoms with Gasteiger partial charge in [-0.05, 0) is 57.6 Å². The molecule has 1 aliphatic rings. The van der Waals surface area contributed by atoms with Gasteiger partial charge in [0.15, 0.2) is 0 Å². The molecule has 0 unspecified atom stereocenters. The lowest BCUT2D eigenvalue weighted by atomic mass is 9.76. The Morgan fingerprint density at radius 2 is 2.04 bits per heavy atom. The average Bonchev–Trinajstić information content (AvgIpc) is 3.03. The number of aliphatic hydroxyl groups excluding tert-OH is 1. The summed E-state index contributed by atoms with van der Waals surface area (Å²) >= 11 is 0. The predicted molar refractivity (Wildman–Crippen MR) is 111 cm³/mol. The van der Waals surface area contributed by atoms with Crippen LogP contribution in [0.2, 0.25) is 0 Å². The molecule has 1 N–H and O–H groups in total. The molecule has 0 aliphatic carbocycles. The van der Waals surface area contributed by atoms with E-state index in [0.717, 1.165) is 58.3 Å². The Bertz CT molecular complexity index is 697. The molecule has 0 amide bonds. The van der Waals surface area contributed by atoms with Gasteiger partial charge in [-0.3, -0.25) is 9.58 Å². The normalized spacial score (nSPS) is 20.9. The van der Waals surface area contributed by atoms with E-state index in [1.165, 1.54) is 23.2 Å². The smallest absolute Gasteiger partial charge is 0.0537 e. The monoisotopic (exact) mass is 369 g/mol. The highest BCUT2D eigenvalue weighted by molar-refractivity contribution is 5.16. The highest BCUT2D eigenvalue weighted by Crippen LogP contribution is 2.35. The molecule has 2 heterocycles. The van der Waals surface area contributed by atoms with E-state index in [-0.39, 0.29) is 5.41 Å². The van der Waals surface area contributed by atoms with Crippen LogP contribution in [-0.2, 0) is 19.5 Å². The van der Waals surface area contributed by atoms with Gasteiger partial charge in [-0.25, -0.2) is 0 Å². The summed E-state index contributed by atoms with van der Waals surface area (Å²) in [7, 11) is 0. The Morgan fingerprint density at radius 3 is 2.78 bits per heavy atom. The number of aryl methyl sites for hydroxylation is 2. The summed E-state index contributed by atoms with van der Waals surface area (Å²) in [4.78, 5) is 2.53. The predicted octanol–water partition coefficient (Wildman–Crippen LogP) is 4.20. The summed E-state index contributed by atoms with van der Waals surface area (Å²) in [6.07, 6.45) is 8.81. The molecule has 1 fully saturated rings. The zero-order valence-electron chi connectivity index (χ0n) is 17.0. The van der Waals surface area contributed by atoms with Gasteiger partial charge >= 0.3 is 0 Å². The van der Waals surface area contributed by atoms with E-state index in [4.69, 9.17) is 0 Å². The molecular weight excluding hydrogens is 334 g/mol. The molecule has 1 atom stereocenters. The van der Waals surface area contributed by atoms with E-state index in [1.54, 1.807) is 0 Å². The van der Waals surface area contributed by atoms with Crippen molar-refractivity contribution in [3.05, 3.63) is 53.3 Å². The second kappa shape index (κ2) is 9.52. The molecular formula is C23H35N3O. The number of rotatable bonds is 9. The van der Waals surface area contributed by atoms with E-state index >= 15 is 0 Å². The number of aromatic nitrogens is 2. The van der Waals surface area contributed by atoms with E-state index in [1.807, 2.05) is 6.20 Å². The van der Waals surface area contributed by atoms with Gasteiger partial charge in [0.2, 0.25) is 0 Å². The first-order valence-corrected chi connectivity index (χ1v) is 10.5. The third-order valence-electron chi connectivity index (χ3n) is 6.13. The summed E-state index contributed by atoms with van der Waals surface area (Å²) in [5.74, 6) is 0. The molecule has 1 aromatic carbocycles. The van der Waals surface area contributed by atoms with Gasteiger partial charge in [-0.1, -0.05) is 37.3 Å². The standard InChI is InChI=1S/C23H35N3O/c1-3-14-26-20(2)22(16-24-26)17-25-15-8-13-23(18-25,19-27)12-7-11-21-9-5-4-6-10-21/h4-6,9-10,16,27H,3,7-8,11-15,17-19H2,1-2H3/t23-/m1/s1. The highest BCUT2D eigenvalue weighted by atomic mass is 16.3. The fraction of sp³-hybridized carbons (Fsp3) is 0.609. The number of nitrogens with zero attached hydrogens (tertiary/aromatic N) is 3. The Balaban J connectivity index is 1.57. The lowest BCUT2D eigenvalue weighted by molar-refractivity contribution is 0.0207. The van der Waals surface area contributed by atoms with Gasteiger partial charge in [-0.15, -0.1) is 0 Å². The Morgan fingerprint density at radius 1 is 1.22 bits per heavy atom. The van der Waals surface area contributed by atoms with Crippen LogP contribution in [0.3, 0.4) is 0 Å². The van der Waals surface area contributed by atoms with E-state index in [2.05, 4.69) is 58.9 Å². The third-order valence-corrected chi connectivity index (χ3v) is 6.13. The van der Waals surface area contributed by atoms with Crippen LogP contribution in [0.15, 0.2) is 36.5 Å². The van der Waals surface area contributed by atoms with Gasteiger partial charge in [0, 0.05) is 42.9 Å². The fourth-order valence-corrected chi connectivity index (χ4v) is 4.49. The number of hydrogen-bond acceptors (Lipinski definition) is 3. The number of aliphatic hydroxyl groups is 1. The maximum Gasteiger partial charge on any atom is 0.0537 e. The topological polar surface area (TPSA) is 41.3 Å². The van der Waals surface area contributed by atoms with Crippen LogP contribution in [0.25, 0.3) is 0 Å². The van der Waals surface area contributed by atoms with Crippen molar-refractivity contribution in [1.82, 2.24) is 14.7 Å². The maximum atomic E-state index is 10.2. The van der Waals surface area contributed by atoms with Gasteiger partial charge in [0.1, 0.15) is 0 Å². The lowest BCUT2D eigenvalue weighted by Gasteiger charge is -2.42. The summed E-state index contributed by atoms with van der Waals surface area (Å²) in [5.41, 5.74) is 4.08. The summed E-state index contributed by atoms with van der Waals surface area (Å²) in [6.45, 7) is 8.74. The van der Waals surface area contributed by atoms with Crippen LogP contribution in [-0.4, -0.2) is 39.5 Å². The van der Waals surface area contributed by atoms with Crippen molar-refractivity contribution in [2.24, 2.45) is 5.41 Å². The number of likely N-dealkylation sites (tertiary alicyclic amines) is 1. The molecule has 4 nitrogen and oxygen atoms in total. The Kier molecular flexibility index (Phi) is 7.08. The van der Waals surface area contributed by atoms with Gasteiger partial charge < -0.3 is 5.11 Å². The Labute approximate surface area is 164 Å². The third kappa shape index (κ3) is 5.20. The quantitative estimate of drug-likeness (QED) is 0.720. The zero-order valence-corrected chi connectivity index (χ0v) is 17.0. The summed E-state index contributed by atoms with van der Waals surface area (Å²) in [5, 5.41) is 14.8. The molecule has 2 aromatic rings. The van der Waals surface area contributed by atoms with Crippen LogP contribution in [0.5, 0.6) is 0 Å². The van der Waals surface area contributed by atoms with Crippen molar-refractivity contribution < 1.29 is 5.11 Å². The lowest BCUT2D eigenvalue weighted by Crippen LogP contribution is -2.45. The summed E-state index contributed by atoms with van der Waals surface area (Å²) in [6, 6.07) is 10.7. The first-order chi connectivity index (χ1) is 13.2. The largest absolute Gasteiger partial charge is 0.396 e. The molecule has 4 heteroatoms. The van der Waals surface area contributed by atoms with Crippen molar-refractivity contribution in [2.75, 3.05) is 19.7 Å². The molecule has 3 rings (SSSR count). The Hall–Kier alpha value is -1.65. The van der Waals surface area contributed by atoms with Crippen molar-refractivity contribution in [2.45, 2.75) is 65.5 Å². The molecule has 1 saturated heterocycles. The van der Waals surface area contributed by atoms with E-state index in [9.17, 15) is 5.11 Å².